The molecule has 10 heteroatoms. The number of aromatic amines is 1. The SMILES string of the molecule is [C-]#[N+]c1ccc(-c2nc(-c3c[nH]c4ncc(F)cc34)nc(C[C@H]3C4CCC(CC4)[C@@H]3C(=O)O)c2F)s1. The minimum Gasteiger partial charge on any atom is -0.481 e. The third-order valence-electron chi connectivity index (χ3n) is 7.70. The molecule has 3 aliphatic carbocycles. The smallest absolute Gasteiger partial charge is 0.307 e. The molecule has 36 heavy (non-hydrogen) atoms. The van der Waals surface area contributed by atoms with Crippen LogP contribution in [0.1, 0.15) is 31.4 Å². The summed E-state index contributed by atoms with van der Waals surface area (Å²) in [6, 6.07) is 4.58. The monoisotopic (exact) mass is 505 g/mol. The van der Waals surface area contributed by atoms with E-state index in [1.165, 1.54) is 6.07 Å². The Morgan fingerprint density at radius 3 is 2.69 bits per heavy atom. The van der Waals surface area contributed by atoms with Gasteiger partial charge in [-0.15, -0.1) is 0 Å². The van der Waals surface area contributed by atoms with Crippen LogP contribution in [-0.4, -0.2) is 31.0 Å². The lowest BCUT2D eigenvalue weighted by Crippen LogP contribution is -2.45. The molecular formula is C26H21F2N5O2S. The maximum atomic E-state index is 16.0. The zero-order valence-electron chi connectivity index (χ0n) is 19.0. The molecule has 7 nitrogen and oxygen atoms in total. The molecule has 0 unspecified atom stereocenters. The zero-order chi connectivity index (χ0) is 25.0. The van der Waals surface area contributed by atoms with Crippen molar-refractivity contribution in [2.75, 3.05) is 0 Å². The van der Waals surface area contributed by atoms with Gasteiger partial charge in [-0.05, 0) is 62.0 Å². The minimum absolute atomic E-state index is 0.0569. The van der Waals surface area contributed by atoms with Crippen molar-refractivity contribution in [3.05, 3.63) is 59.3 Å². The van der Waals surface area contributed by atoms with Crippen molar-refractivity contribution in [3.8, 4) is 22.0 Å². The lowest BCUT2D eigenvalue weighted by molar-refractivity contribution is -0.152. The molecule has 182 valence electrons. The van der Waals surface area contributed by atoms with Crippen LogP contribution < -0.4 is 0 Å². The number of carboxylic acids is 1. The highest BCUT2D eigenvalue weighted by atomic mass is 32.1. The van der Waals surface area contributed by atoms with E-state index < -0.39 is 23.5 Å². The maximum Gasteiger partial charge on any atom is 0.307 e. The normalized spacial score (nSPS) is 23.1. The summed E-state index contributed by atoms with van der Waals surface area (Å²) < 4.78 is 30.0. The van der Waals surface area contributed by atoms with Crippen LogP contribution in [0.3, 0.4) is 0 Å². The molecule has 0 aromatic carbocycles. The van der Waals surface area contributed by atoms with Crippen LogP contribution in [0.5, 0.6) is 0 Å². The van der Waals surface area contributed by atoms with E-state index in [0.717, 1.165) is 43.2 Å². The average molecular weight is 506 g/mol. The van der Waals surface area contributed by atoms with Gasteiger partial charge in [0.15, 0.2) is 11.6 Å². The number of hydrogen-bond acceptors (Lipinski definition) is 5. The van der Waals surface area contributed by atoms with Crippen LogP contribution >= 0.6 is 11.3 Å². The first-order chi connectivity index (χ1) is 17.4. The molecule has 0 aliphatic heterocycles. The molecule has 2 N–H and O–H groups in total. The van der Waals surface area contributed by atoms with Gasteiger partial charge in [0.1, 0.15) is 17.2 Å². The van der Waals surface area contributed by atoms with Crippen LogP contribution in [-0.2, 0) is 11.2 Å². The minimum atomic E-state index is -0.831. The van der Waals surface area contributed by atoms with Gasteiger partial charge in [-0.2, -0.15) is 11.3 Å². The van der Waals surface area contributed by atoms with Crippen molar-refractivity contribution in [1.29, 1.82) is 0 Å². The number of fused-ring (bicyclic) bond motifs is 4. The van der Waals surface area contributed by atoms with Gasteiger partial charge >= 0.3 is 5.97 Å². The lowest BCUT2D eigenvalue weighted by Gasteiger charge is -2.46. The molecule has 0 spiro atoms. The number of pyridine rings is 1. The number of thiophene rings is 1. The van der Waals surface area contributed by atoms with E-state index in [9.17, 15) is 14.3 Å². The fourth-order valence-electron chi connectivity index (χ4n) is 6.07. The fraction of sp³-hybridized carbons (Fsp3) is 0.346. The first-order valence-electron chi connectivity index (χ1n) is 11.8. The van der Waals surface area contributed by atoms with Crippen LogP contribution in [0.2, 0.25) is 0 Å². The second-order valence-electron chi connectivity index (χ2n) is 9.57. The third-order valence-corrected chi connectivity index (χ3v) is 8.69. The summed E-state index contributed by atoms with van der Waals surface area (Å²) in [6.07, 6.45) is 6.57. The Morgan fingerprint density at radius 1 is 1.19 bits per heavy atom. The standard InChI is InChI=1S/C26H21F2N5O2S/c1-29-20-7-6-19(36-20)23-22(28)18(9-15-12-2-4-13(5-3-12)21(15)26(34)35)32-25(33-23)17-11-31-24-16(17)8-14(27)10-30-24/h6-8,10-13,15,21H,2-5,9H2,(H,30,31)(H,34,35)/t12?,13?,15-,21-/m0/s1. The molecule has 4 aromatic heterocycles. The van der Waals surface area contributed by atoms with E-state index >= 15 is 4.39 Å². The number of nitrogens with one attached hydrogen (secondary N) is 1. The van der Waals surface area contributed by atoms with E-state index in [4.69, 9.17) is 6.57 Å². The molecule has 3 saturated carbocycles. The van der Waals surface area contributed by atoms with Gasteiger partial charge in [-0.25, -0.2) is 28.6 Å². The van der Waals surface area contributed by atoms with E-state index in [0.29, 0.717) is 26.5 Å². The predicted octanol–water partition coefficient (Wildman–Crippen LogP) is 6.26. The third kappa shape index (κ3) is 3.75. The van der Waals surface area contributed by atoms with E-state index in [1.807, 2.05) is 0 Å². The van der Waals surface area contributed by atoms with Gasteiger partial charge in [0, 0.05) is 22.0 Å². The molecule has 2 bridgehead atoms. The van der Waals surface area contributed by atoms with E-state index in [-0.39, 0.29) is 41.4 Å². The molecular weight excluding hydrogens is 484 g/mol. The van der Waals surface area contributed by atoms with Crippen molar-refractivity contribution in [2.45, 2.75) is 32.1 Å². The highest BCUT2D eigenvalue weighted by Gasteiger charge is 2.47. The van der Waals surface area contributed by atoms with Crippen molar-refractivity contribution < 1.29 is 18.7 Å². The molecule has 7 rings (SSSR count). The summed E-state index contributed by atoms with van der Waals surface area (Å²) in [5.74, 6) is -2.19. The number of rotatable bonds is 5. The number of nitrogens with zero attached hydrogens (tertiary/aromatic N) is 4. The number of aliphatic carboxylic acids is 1. The molecule has 2 atom stereocenters. The number of carboxylic acid groups (broad SMARTS) is 1. The molecule has 3 fully saturated rings. The molecule has 0 radical (unpaired) electrons. The number of hydrogen-bond donors (Lipinski definition) is 2. The predicted molar refractivity (Wildman–Crippen MR) is 130 cm³/mol. The topological polar surface area (TPSA) is 96.1 Å². The second kappa shape index (κ2) is 8.75. The van der Waals surface area contributed by atoms with E-state index in [1.54, 1.807) is 18.3 Å². The number of carbonyl (C=O) groups is 1. The summed E-state index contributed by atoms with van der Waals surface area (Å²) in [7, 11) is 0. The Morgan fingerprint density at radius 2 is 1.97 bits per heavy atom. The zero-order valence-corrected chi connectivity index (χ0v) is 19.9. The van der Waals surface area contributed by atoms with Crippen LogP contribution in [0, 0.1) is 41.9 Å². The molecule has 0 amide bonds. The number of aromatic nitrogens is 4. The Balaban J connectivity index is 1.50. The summed E-state index contributed by atoms with van der Waals surface area (Å²) in [5, 5.41) is 10.9. The van der Waals surface area contributed by atoms with Crippen LogP contribution in [0.25, 0.3) is 37.8 Å². The fourth-order valence-corrected chi connectivity index (χ4v) is 6.84. The molecule has 0 saturated heterocycles. The van der Waals surface area contributed by atoms with Gasteiger partial charge in [0.2, 0.25) is 5.00 Å². The van der Waals surface area contributed by atoms with Crippen molar-refractivity contribution in [3.63, 3.8) is 0 Å². The van der Waals surface area contributed by atoms with Gasteiger partial charge in [0.05, 0.1) is 24.4 Å². The van der Waals surface area contributed by atoms with Gasteiger partial charge in [-0.3, -0.25) is 4.79 Å². The second-order valence-corrected chi connectivity index (χ2v) is 10.6. The first-order valence-corrected chi connectivity index (χ1v) is 12.6. The molecule has 4 heterocycles. The Labute approximate surface area is 209 Å². The Bertz CT molecular complexity index is 1530. The molecule has 4 aromatic rings. The first kappa shape index (κ1) is 22.7. The van der Waals surface area contributed by atoms with Gasteiger partial charge < -0.3 is 10.1 Å². The van der Waals surface area contributed by atoms with Crippen LogP contribution in [0.4, 0.5) is 13.8 Å². The number of halogens is 2. The highest BCUT2D eigenvalue weighted by molar-refractivity contribution is 7.19. The lowest BCUT2D eigenvalue weighted by atomic mass is 9.57. The van der Waals surface area contributed by atoms with Gasteiger partial charge in [0.25, 0.3) is 0 Å². The average Bonchev–Trinajstić information content (AvgIpc) is 3.53. The summed E-state index contributed by atoms with van der Waals surface area (Å²) >= 11 is 1.13. The van der Waals surface area contributed by atoms with Crippen molar-refractivity contribution in [2.24, 2.45) is 23.7 Å². The maximum absolute atomic E-state index is 16.0. The quantitative estimate of drug-likeness (QED) is 0.312. The summed E-state index contributed by atoms with van der Waals surface area (Å²) in [6.45, 7) is 7.27. The Kier molecular flexibility index (Phi) is 5.52. The number of H-pyrrole nitrogens is 1. The Hall–Kier alpha value is -3.71. The summed E-state index contributed by atoms with van der Waals surface area (Å²) in [4.78, 5) is 32.2. The molecule has 3 aliphatic rings. The van der Waals surface area contributed by atoms with Crippen molar-refractivity contribution >= 4 is 33.3 Å². The van der Waals surface area contributed by atoms with Crippen molar-refractivity contribution in [1.82, 2.24) is 19.9 Å². The van der Waals surface area contributed by atoms with E-state index in [2.05, 4.69) is 24.8 Å². The van der Waals surface area contributed by atoms with Crippen LogP contribution in [0.15, 0.2) is 30.6 Å². The highest BCUT2D eigenvalue weighted by Crippen LogP contribution is 2.50. The largest absolute Gasteiger partial charge is 0.481 e. The van der Waals surface area contributed by atoms with Gasteiger partial charge in [-0.1, -0.05) is 6.07 Å². The summed E-state index contributed by atoms with van der Waals surface area (Å²) in [5.41, 5.74) is 1.13.